The second kappa shape index (κ2) is 6.64. The Morgan fingerprint density at radius 3 is 2.59 bits per heavy atom. The third kappa shape index (κ3) is 3.46. The molecule has 96 valence electrons. The van der Waals surface area contributed by atoms with E-state index in [9.17, 15) is 14.4 Å². The summed E-state index contributed by atoms with van der Waals surface area (Å²) in [6.07, 6.45) is 4.19. The lowest BCUT2D eigenvalue weighted by molar-refractivity contribution is -0.142. The van der Waals surface area contributed by atoms with Gasteiger partial charge in [0.25, 0.3) is 0 Å². The highest BCUT2D eigenvalue weighted by Gasteiger charge is 2.38. The highest BCUT2D eigenvalue weighted by molar-refractivity contribution is 7.98. The van der Waals surface area contributed by atoms with Crippen LogP contribution in [0.2, 0.25) is 0 Å². The number of nitrogens with one attached hydrogen (secondary N) is 1. The molecule has 0 bridgehead atoms. The van der Waals surface area contributed by atoms with Crippen LogP contribution in [0.1, 0.15) is 26.2 Å². The van der Waals surface area contributed by atoms with Crippen LogP contribution in [0.5, 0.6) is 0 Å². The maximum absolute atomic E-state index is 11.9. The van der Waals surface area contributed by atoms with Crippen LogP contribution in [0.4, 0.5) is 4.79 Å². The molecule has 6 heteroatoms. The van der Waals surface area contributed by atoms with Gasteiger partial charge in [0.15, 0.2) is 0 Å². The summed E-state index contributed by atoms with van der Waals surface area (Å²) in [5, 5.41) is 2.22. The minimum absolute atomic E-state index is 0.356. The Hall–Kier alpha value is -1.04. The number of nitrogens with zero attached hydrogens (tertiary/aromatic N) is 1. The zero-order valence-electron chi connectivity index (χ0n) is 10.2. The average Bonchev–Trinajstić information content (AvgIpc) is 2.28. The highest BCUT2D eigenvalue weighted by atomic mass is 32.2. The molecule has 1 atom stereocenters. The topological polar surface area (TPSA) is 66.5 Å². The number of unbranched alkanes of at least 4 members (excludes halogenated alkanes) is 1. The molecule has 1 aliphatic rings. The molecule has 0 radical (unpaired) electrons. The molecule has 1 fully saturated rings. The van der Waals surface area contributed by atoms with E-state index in [4.69, 9.17) is 0 Å². The summed E-state index contributed by atoms with van der Waals surface area (Å²) in [4.78, 5) is 35.9. The molecular formula is C11H18N2O3S. The van der Waals surface area contributed by atoms with E-state index in [1.807, 2.05) is 6.26 Å². The minimum Gasteiger partial charge on any atom is -0.277 e. The number of barbiturate groups is 1. The van der Waals surface area contributed by atoms with Gasteiger partial charge in [-0.2, -0.15) is 11.8 Å². The van der Waals surface area contributed by atoms with Crippen molar-refractivity contribution in [2.75, 3.05) is 18.6 Å². The van der Waals surface area contributed by atoms with Crippen LogP contribution >= 0.6 is 11.8 Å². The third-order valence-electron chi connectivity index (χ3n) is 2.74. The van der Waals surface area contributed by atoms with Crippen LogP contribution in [0.15, 0.2) is 0 Å². The van der Waals surface area contributed by atoms with Crippen molar-refractivity contribution in [2.45, 2.75) is 26.2 Å². The van der Waals surface area contributed by atoms with Crippen LogP contribution in [-0.4, -0.2) is 41.3 Å². The van der Waals surface area contributed by atoms with Crippen LogP contribution < -0.4 is 5.32 Å². The number of urea groups is 1. The van der Waals surface area contributed by atoms with E-state index >= 15 is 0 Å². The summed E-state index contributed by atoms with van der Waals surface area (Å²) in [5.41, 5.74) is 0. The first kappa shape index (κ1) is 14.0. The molecule has 0 aromatic heterocycles. The summed E-state index contributed by atoms with van der Waals surface area (Å²) >= 11 is 1.74. The van der Waals surface area contributed by atoms with Crippen LogP contribution in [0.3, 0.4) is 0 Å². The molecule has 1 aliphatic heterocycles. The number of rotatable bonds is 6. The lowest BCUT2D eigenvalue weighted by Crippen LogP contribution is -2.57. The number of carbonyl (C=O) groups is 3. The van der Waals surface area contributed by atoms with Gasteiger partial charge in [0.2, 0.25) is 11.8 Å². The molecule has 1 heterocycles. The molecule has 1 saturated heterocycles. The molecule has 1 unspecified atom stereocenters. The summed E-state index contributed by atoms with van der Waals surface area (Å²) < 4.78 is 0. The van der Waals surface area contributed by atoms with Gasteiger partial charge in [0.05, 0.1) is 0 Å². The van der Waals surface area contributed by atoms with Crippen molar-refractivity contribution in [1.82, 2.24) is 10.2 Å². The molecule has 0 saturated carbocycles. The minimum atomic E-state index is -0.701. The molecule has 0 aromatic rings. The predicted octanol–water partition coefficient (Wildman–Crippen LogP) is 1.23. The monoisotopic (exact) mass is 258 g/mol. The molecule has 5 nitrogen and oxygen atoms in total. The van der Waals surface area contributed by atoms with Gasteiger partial charge in [0, 0.05) is 6.54 Å². The van der Waals surface area contributed by atoms with Crippen molar-refractivity contribution in [3.05, 3.63) is 0 Å². The van der Waals surface area contributed by atoms with Gasteiger partial charge in [-0.1, -0.05) is 6.92 Å². The highest BCUT2D eigenvalue weighted by Crippen LogP contribution is 2.14. The Kier molecular flexibility index (Phi) is 5.47. The van der Waals surface area contributed by atoms with E-state index in [1.165, 1.54) is 0 Å². The zero-order chi connectivity index (χ0) is 12.8. The molecular weight excluding hydrogens is 240 g/mol. The summed E-state index contributed by atoms with van der Waals surface area (Å²) in [5.74, 6) is -0.513. The largest absolute Gasteiger partial charge is 0.330 e. The predicted molar refractivity (Wildman–Crippen MR) is 66.6 cm³/mol. The van der Waals surface area contributed by atoms with Gasteiger partial charge in [-0.15, -0.1) is 0 Å². The Morgan fingerprint density at radius 1 is 1.29 bits per heavy atom. The van der Waals surface area contributed by atoms with Crippen molar-refractivity contribution < 1.29 is 14.4 Å². The fraction of sp³-hybridized carbons (Fsp3) is 0.727. The Morgan fingerprint density at radius 2 is 2.00 bits per heavy atom. The number of hydrogen-bond acceptors (Lipinski definition) is 4. The Balaban J connectivity index is 2.54. The van der Waals surface area contributed by atoms with Crippen molar-refractivity contribution in [3.8, 4) is 0 Å². The molecule has 1 rings (SSSR count). The van der Waals surface area contributed by atoms with Crippen molar-refractivity contribution in [3.63, 3.8) is 0 Å². The van der Waals surface area contributed by atoms with Crippen LogP contribution in [0.25, 0.3) is 0 Å². The average molecular weight is 258 g/mol. The normalized spacial score (nSPS) is 20.7. The number of imide groups is 2. The van der Waals surface area contributed by atoms with Crippen LogP contribution in [-0.2, 0) is 9.59 Å². The number of hydrogen-bond donors (Lipinski definition) is 1. The molecule has 17 heavy (non-hydrogen) atoms. The number of amides is 4. The second-order valence-corrected chi connectivity index (χ2v) is 4.93. The lowest BCUT2D eigenvalue weighted by atomic mass is 10.0. The van der Waals surface area contributed by atoms with E-state index < -0.39 is 17.9 Å². The number of thioether (sulfide) groups is 1. The quantitative estimate of drug-likeness (QED) is 0.575. The smallest absolute Gasteiger partial charge is 0.277 e. The Bertz CT molecular complexity index is 320. The Labute approximate surface area is 105 Å². The van der Waals surface area contributed by atoms with Gasteiger partial charge in [-0.25, -0.2) is 4.79 Å². The van der Waals surface area contributed by atoms with Gasteiger partial charge < -0.3 is 0 Å². The lowest BCUT2D eigenvalue weighted by Gasteiger charge is -2.29. The number of carbonyl (C=O) groups excluding carboxylic acids is 3. The fourth-order valence-electron chi connectivity index (χ4n) is 1.75. The van der Waals surface area contributed by atoms with Gasteiger partial charge >= 0.3 is 6.03 Å². The molecule has 0 spiro atoms. The first-order valence-corrected chi connectivity index (χ1v) is 7.16. The summed E-state index contributed by atoms with van der Waals surface area (Å²) in [6, 6.07) is -0.575. The first-order chi connectivity index (χ1) is 8.11. The van der Waals surface area contributed by atoms with Crippen molar-refractivity contribution in [2.24, 2.45) is 5.92 Å². The van der Waals surface area contributed by atoms with Crippen molar-refractivity contribution in [1.29, 1.82) is 0 Å². The standard InChI is InChI=1S/C11H18N2O3S/c1-3-8-9(14)12-11(16)13(10(8)15)6-4-5-7-17-2/h8H,3-7H2,1-2H3,(H,12,14,16). The van der Waals surface area contributed by atoms with Crippen LogP contribution in [0, 0.1) is 5.92 Å². The molecule has 4 amide bonds. The third-order valence-corrected chi connectivity index (χ3v) is 3.44. The maximum Gasteiger partial charge on any atom is 0.330 e. The zero-order valence-corrected chi connectivity index (χ0v) is 11.0. The summed E-state index contributed by atoms with van der Waals surface area (Å²) in [7, 11) is 0. The first-order valence-electron chi connectivity index (χ1n) is 5.77. The second-order valence-electron chi connectivity index (χ2n) is 3.95. The molecule has 0 aromatic carbocycles. The maximum atomic E-state index is 11.9. The fourth-order valence-corrected chi connectivity index (χ4v) is 2.24. The summed E-state index contributed by atoms with van der Waals surface area (Å²) in [6.45, 7) is 2.17. The van der Waals surface area contributed by atoms with E-state index in [0.717, 1.165) is 23.5 Å². The van der Waals surface area contributed by atoms with Gasteiger partial charge in [-0.05, 0) is 31.3 Å². The molecule has 0 aliphatic carbocycles. The SMILES string of the molecule is CCC1C(=O)NC(=O)N(CCCCSC)C1=O. The van der Waals surface area contributed by atoms with E-state index in [0.29, 0.717) is 13.0 Å². The van der Waals surface area contributed by atoms with Gasteiger partial charge in [0.1, 0.15) is 5.92 Å². The van der Waals surface area contributed by atoms with E-state index in [2.05, 4.69) is 5.32 Å². The van der Waals surface area contributed by atoms with E-state index in [1.54, 1.807) is 18.7 Å². The molecule has 1 N–H and O–H groups in total. The van der Waals surface area contributed by atoms with Crippen molar-refractivity contribution >= 4 is 29.6 Å². The van der Waals surface area contributed by atoms with E-state index in [-0.39, 0.29) is 5.91 Å². The van der Waals surface area contributed by atoms with Gasteiger partial charge in [-0.3, -0.25) is 19.8 Å².